The molecular formula is C17H23N5O2. The van der Waals surface area contributed by atoms with E-state index in [1.165, 1.54) is 19.3 Å². The van der Waals surface area contributed by atoms with Crippen LogP contribution in [-0.2, 0) is 0 Å². The molecule has 2 aromatic rings. The third-order valence-corrected chi connectivity index (χ3v) is 3.41. The molecule has 0 aliphatic rings. The van der Waals surface area contributed by atoms with Gasteiger partial charge in [-0.05, 0) is 43.2 Å². The molecule has 128 valence electrons. The lowest BCUT2D eigenvalue weighted by Crippen LogP contribution is -2.15. The molecule has 1 aromatic heterocycles. The molecule has 2 rings (SSSR count). The van der Waals surface area contributed by atoms with E-state index in [1.807, 2.05) is 24.3 Å². The number of hydrogen-bond donors (Lipinski definition) is 2. The van der Waals surface area contributed by atoms with Crippen LogP contribution in [0.3, 0.4) is 0 Å². The number of anilines is 1. The van der Waals surface area contributed by atoms with E-state index in [0.29, 0.717) is 11.5 Å². The van der Waals surface area contributed by atoms with Crippen molar-refractivity contribution in [3.8, 4) is 5.75 Å². The number of aromatic amines is 1. The number of rotatable bonds is 9. The Balaban J connectivity index is 1.82. The van der Waals surface area contributed by atoms with Gasteiger partial charge in [0.15, 0.2) is 5.82 Å². The van der Waals surface area contributed by atoms with Crippen molar-refractivity contribution in [3.05, 3.63) is 46.0 Å². The first-order valence-electron chi connectivity index (χ1n) is 8.14. The minimum Gasteiger partial charge on any atom is -0.494 e. The molecule has 24 heavy (non-hydrogen) atoms. The van der Waals surface area contributed by atoms with Crippen molar-refractivity contribution in [1.82, 2.24) is 15.2 Å². The summed E-state index contributed by atoms with van der Waals surface area (Å²) in [5, 5.41) is 10.1. The lowest BCUT2D eigenvalue weighted by molar-refractivity contribution is 0.305. The summed E-state index contributed by atoms with van der Waals surface area (Å²) in [5.74, 6) is 1.19. The van der Waals surface area contributed by atoms with Crippen LogP contribution in [0.5, 0.6) is 5.75 Å². The molecule has 0 unspecified atom stereocenters. The maximum atomic E-state index is 11.1. The van der Waals surface area contributed by atoms with Crippen molar-refractivity contribution in [2.24, 2.45) is 5.10 Å². The summed E-state index contributed by atoms with van der Waals surface area (Å²) in [7, 11) is 0. The highest BCUT2D eigenvalue weighted by Crippen LogP contribution is 2.12. The zero-order valence-corrected chi connectivity index (χ0v) is 14.1. The quantitative estimate of drug-likeness (QED) is 0.419. The smallest absolute Gasteiger partial charge is 0.363 e. The summed E-state index contributed by atoms with van der Waals surface area (Å²) in [6.07, 6.45) is 6.41. The second-order valence-corrected chi connectivity index (χ2v) is 5.42. The molecule has 7 nitrogen and oxygen atoms in total. The van der Waals surface area contributed by atoms with Crippen molar-refractivity contribution in [2.75, 3.05) is 12.0 Å². The van der Waals surface area contributed by atoms with Gasteiger partial charge >= 0.3 is 5.69 Å². The van der Waals surface area contributed by atoms with Crippen molar-refractivity contribution >= 4 is 12.0 Å². The fraction of sp³-hybridized carbons (Fsp3) is 0.412. The second-order valence-electron chi connectivity index (χ2n) is 5.42. The van der Waals surface area contributed by atoms with E-state index in [0.717, 1.165) is 24.3 Å². The van der Waals surface area contributed by atoms with Gasteiger partial charge in [0.05, 0.1) is 12.8 Å². The Hall–Kier alpha value is -2.70. The van der Waals surface area contributed by atoms with Crippen LogP contribution in [0.2, 0.25) is 0 Å². The summed E-state index contributed by atoms with van der Waals surface area (Å²) in [5.41, 5.74) is 3.68. The number of H-pyrrole nitrogens is 1. The normalized spacial score (nSPS) is 10.9. The molecular weight excluding hydrogens is 306 g/mol. The molecule has 1 aromatic carbocycles. The lowest BCUT2D eigenvalue weighted by Gasteiger charge is -2.06. The van der Waals surface area contributed by atoms with E-state index in [4.69, 9.17) is 4.74 Å². The summed E-state index contributed by atoms with van der Waals surface area (Å²) in [6.45, 7) is 4.67. The Labute approximate surface area is 141 Å². The maximum absolute atomic E-state index is 11.1. The topological polar surface area (TPSA) is 92.3 Å². The van der Waals surface area contributed by atoms with E-state index in [-0.39, 0.29) is 0 Å². The molecule has 0 aliphatic heterocycles. The maximum Gasteiger partial charge on any atom is 0.363 e. The average Bonchev–Trinajstić information content (AvgIpc) is 2.59. The number of nitrogens with one attached hydrogen (secondary N) is 2. The zero-order valence-electron chi connectivity index (χ0n) is 14.1. The zero-order chi connectivity index (χ0) is 17.2. The molecule has 0 saturated heterocycles. The van der Waals surface area contributed by atoms with Gasteiger partial charge in [-0.25, -0.2) is 9.89 Å². The largest absolute Gasteiger partial charge is 0.494 e. The fourth-order valence-electron chi connectivity index (χ4n) is 2.03. The molecule has 7 heteroatoms. The van der Waals surface area contributed by atoms with Gasteiger partial charge in [-0.2, -0.15) is 15.2 Å². The van der Waals surface area contributed by atoms with Crippen LogP contribution >= 0.6 is 0 Å². The van der Waals surface area contributed by atoms with Crippen LogP contribution in [0.1, 0.15) is 43.9 Å². The van der Waals surface area contributed by atoms with Crippen LogP contribution in [0.4, 0.5) is 5.82 Å². The van der Waals surface area contributed by atoms with Crippen molar-refractivity contribution < 1.29 is 4.74 Å². The summed E-state index contributed by atoms with van der Waals surface area (Å²) < 4.78 is 5.69. The lowest BCUT2D eigenvalue weighted by atomic mass is 10.2. The molecule has 0 spiro atoms. The third-order valence-electron chi connectivity index (χ3n) is 3.41. The molecule has 2 N–H and O–H groups in total. The van der Waals surface area contributed by atoms with E-state index >= 15 is 0 Å². The Kier molecular flexibility index (Phi) is 6.94. The first-order valence-corrected chi connectivity index (χ1v) is 8.14. The predicted molar refractivity (Wildman–Crippen MR) is 94.7 cm³/mol. The highest BCUT2D eigenvalue weighted by Gasteiger charge is 2.00. The predicted octanol–water partition coefficient (Wildman–Crippen LogP) is 2.88. The number of hydrazone groups is 1. The van der Waals surface area contributed by atoms with Gasteiger partial charge in [-0.3, -0.25) is 5.43 Å². The number of hydrogen-bond acceptors (Lipinski definition) is 6. The van der Waals surface area contributed by atoms with Crippen LogP contribution in [-0.4, -0.2) is 28.0 Å². The molecule has 0 amide bonds. The fourth-order valence-corrected chi connectivity index (χ4v) is 2.03. The Morgan fingerprint density at radius 1 is 1.25 bits per heavy atom. The first kappa shape index (κ1) is 17.7. The number of benzene rings is 1. The van der Waals surface area contributed by atoms with Gasteiger partial charge in [0, 0.05) is 0 Å². The highest BCUT2D eigenvalue weighted by atomic mass is 16.5. The molecule has 1 heterocycles. The van der Waals surface area contributed by atoms with E-state index in [1.54, 1.807) is 13.1 Å². The second kappa shape index (κ2) is 9.44. The summed E-state index contributed by atoms with van der Waals surface area (Å²) >= 11 is 0. The summed E-state index contributed by atoms with van der Waals surface area (Å²) in [4.78, 5) is 14.9. The van der Waals surface area contributed by atoms with Gasteiger partial charge in [0.2, 0.25) is 0 Å². The number of unbranched alkanes of at least 4 members (excludes halogenated alkanes) is 3. The SMILES string of the molecule is CCCCCCOc1ccc(C=NNc2nc(=O)[nH]nc2C)cc1. The minimum absolute atomic E-state index is 0.335. The van der Waals surface area contributed by atoms with Crippen LogP contribution in [0.15, 0.2) is 34.2 Å². The highest BCUT2D eigenvalue weighted by molar-refractivity contribution is 5.80. The standard InChI is InChI=1S/C17H23N5O2/c1-3-4-5-6-11-24-15-9-7-14(8-10-15)12-18-21-16-13(2)20-22-17(23)19-16/h7-10,12H,3-6,11H2,1-2H3,(H2,19,21,22,23). The number of ether oxygens (including phenoxy) is 1. The molecule has 0 aliphatic carbocycles. The van der Waals surface area contributed by atoms with Crippen LogP contribution in [0.25, 0.3) is 0 Å². The van der Waals surface area contributed by atoms with E-state index < -0.39 is 5.69 Å². The molecule has 0 fully saturated rings. The average molecular weight is 329 g/mol. The monoisotopic (exact) mass is 329 g/mol. The van der Waals surface area contributed by atoms with Crippen molar-refractivity contribution in [2.45, 2.75) is 39.5 Å². The molecule has 0 radical (unpaired) electrons. The van der Waals surface area contributed by atoms with Gasteiger partial charge in [-0.1, -0.05) is 26.2 Å². The van der Waals surface area contributed by atoms with Crippen molar-refractivity contribution in [1.29, 1.82) is 0 Å². The Morgan fingerprint density at radius 2 is 2.04 bits per heavy atom. The van der Waals surface area contributed by atoms with Gasteiger partial charge in [-0.15, -0.1) is 0 Å². The van der Waals surface area contributed by atoms with Crippen molar-refractivity contribution in [3.63, 3.8) is 0 Å². The number of aryl methyl sites for hydroxylation is 1. The van der Waals surface area contributed by atoms with Crippen LogP contribution < -0.4 is 15.9 Å². The van der Waals surface area contributed by atoms with E-state index in [9.17, 15) is 4.79 Å². The van der Waals surface area contributed by atoms with Gasteiger partial charge in [0.1, 0.15) is 11.4 Å². The number of nitrogens with zero attached hydrogens (tertiary/aromatic N) is 3. The minimum atomic E-state index is -0.515. The van der Waals surface area contributed by atoms with Gasteiger partial charge < -0.3 is 4.74 Å². The molecule has 0 bridgehead atoms. The summed E-state index contributed by atoms with van der Waals surface area (Å²) in [6, 6.07) is 7.67. The third kappa shape index (κ3) is 5.83. The number of aromatic nitrogens is 3. The molecule has 0 atom stereocenters. The van der Waals surface area contributed by atoms with E-state index in [2.05, 4.69) is 32.6 Å². The first-order chi connectivity index (χ1) is 11.7. The Morgan fingerprint density at radius 3 is 2.79 bits per heavy atom. The van der Waals surface area contributed by atoms with Crippen LogP contribution in [0, 0.1) is 6.92 Å². The Bertz CT molecular complexity index is 710. The molecule has 0 saturated carbocycles. The van der Waals surface area contributed by atoms with Gasteiger partial charge in [0.25, 0.3) is 0 Å².